The zero-order valence-electron chi connectivity index (χ0n) is 17.0. The fourth-order valence-electron chi connectivity index (χ4n) is 3.20. The van der Waals surface area contributed by atoms with Gasteiger partial charge in [-0.15, -0.1) is 0 Å². The Bertz CT molecular complexity index is 869. The van der Waals surface area contributed by atoms with Crippen LogP contribution in [0.4, 0.5) is 0 Å². The Labute approximate surface area is 170 Å². The van der Waals surface area contributed by atoms with E-state index in [2.05, 4.69) is 0 Å². The van der Waals surface area contributed by atoms with Crippen molar-refractivity contribution in [2.45, 2.75) is 51.6 Å². The minimum absolute atomic E-state index is 0.140. The Morgan fingerprint density at radius 1 is 0.966 bits per heavy atom. The van der Waals surface area contributed by atoms with Crippen molar-refractivity contribution < 1.29 is 28.9 Å². The van der Waals surface area contributed by atoms with Crippen LogP contribution in [0.3, 0.4) is 0 Å². The quantitative estimate of drug-likeness (QED) is 0.779. The Morgan fingerprint density at radius 2 is 1.45 bits per heavy atom. The third-order valence-corrected chi connectivity index (χ3v) is 5.30. The maximum atomic E-state index is 12.5. The lowest BCUT2D eigenvalue weighted by Crippen LogP contribution is -2.48. The molecule has 1 heterocycles. The van der Waals surface area contributed by atoms with Crippen molar-refractivity contribution in [1.29, 1.82) is 0 Å². The molecule has 2 aromatic carbocycles. The van der Waals surface area contributed by atoms with Crippen LogP contribution in [-0.4, -0.2) is 47.6 Å². The van der Waals surface area contributed by atoms with Crippen LogP contribution in [0.25, 0.3) is 0 Å². The highest BCUT2D eigenvalue weighted by atomic mass is 16.6. The summed E-state index contributed by atoms with van der Waals surface area (Å²) in [5.41, 5.74) is 1.44. The molecule has 0 aliphatic carbocycles. The van der Waals surface area contributed by atoms with E-state index in [0.29, 0.717) is 11.1 Å². The zero-order valence-corrected chi connectivity index (χ0v) is 17.0. The summed E-state index contributed by atoms with van der Waals surface area (Å²) in [6, 6.07) is 14.0. The second-order valence-corrected chi connectivity index (χ2v) is 7.70. The molecule has 2 unspecified atom stereocenters. The fourth-order valence-corrected chi connectivity index (χ4v) is 3.20. The van der Waals surface area contributed by atoms with E-state index in [9.17, 15) is 14.7 Å². The number of ether oxygens (including phenoxy) is 3. The first-order valence-corrected chi connectivity index (χ1v) is 9.57. The maximum Gasteiger partial charge on any atom is 0.338 e. The molecule has 1 aliphatic heterocycles. The molecule has 0 bridgehead atoms. The highest BCUT2D eigenvalue weighted by Crippen LogP contribution is 2.34. The van der Waals surface area contributed by atoms with E-state index in [-0.39, 0.29) is 6.61 Å². The maximum absolute atomic E-state index is 12.5. The number of esters is 2. The lowest BCUT2D eigenvalue weighted by molar-refractivity contribution is -0.0700. The SMILES string of the molecule is Cc1ccc(C(=O)OCC2OC(C)[C@](C)(O)[C@@H]2OC(=O)c2ccc(C)cc2)cc1. The summed E-state index contributed by atoms with van der Waals surface area (Å²) in [4.78, 5) is 24.8. The number of hydrogen-bond donors (Lipinski definition) is 1. The molecule has 4 atom stereocenters. The summed E-state index contributed by atoms with van der Waals surface area (Å²) in [6.07, 6.45) is -2.35. The van der Waals surface area contributed by atoms with Gasteiger partial charge < -0.3 is 19.3 Å². The Balaban J connectivity index is 1.69. The van der Waals surface area contributed by atoms with Crippen LogP contribution < -0.4 is 0 Å². The van der Waals surface area contributed by atoms with Gasteiger partial charge in [-0.1, -0.05) is 35.4 Å². The average molecular weight is 398 g/mol. The van der Waals surface area contributed by atoms with Crippen molar-refractivity contribution in [2.24, 2.45) is 0 Å². The third kappa shape index (κ3) is 4.66. The van der Waals surface area contributed by atoms with Crippen molar-refractivity contribution in [2.75, 3.05) is 6.61 Å². The molecule has 1 saturated heterocycles. The first-order valence-electron chi connectivity index (χ1n) is 9.57. The summed E-state index contributed by atoms with van der Waals surface area (Å²) in [5.74, 6) is -1.07. The average Bonchev–Trinajstić information content (AvgIpc) is 2.90. The zero-order chi connectivity index (χ0) is 21.2. The molecular formula is C23H26O6. The number of rotatable bonds is 5. The number of aryl methyl sites for hydroxylation is 2. The van der Waals surface area contributed by atoms with E-state index in [4.69, 9.17) is 14.2 Å². The topological polar surface area (TPSA) is 82.1 Å². The van der Waals surface area contributed by atoms with Gasteiger partial charge >= 0.3 is 11.9 Å². The normalized spacial score (nSPS) is 26.2. The minimum atomic E-state index is -1.42. The van der Waals surface area contributed by atoms with Gasteiger partial charge in [-0.3, -0.25) is 0 Å². The Hall–Kier alpha value is -2.70. The summed E-state index contributed by atoms with van der Waals surface area (Å²) in [5, 5.41) is 10.8. The molecule has 29 heavy (non-hydrogen) atoms. The molecule has 2 aromatic rings. The fraction of sp³-hybridized carbons (Fsp3) is 0.391. The number of carbonyl (C=O) groups is 2. The van der Waals surface area contributed by atoms with Crippen molar-refractivity contribution in [1.82, 2.24) is 0 Å². The van der Waals surface area contributed by atoms with Gasteiger partial charge in [0.25, 0.3) is 0 Å². The summed E-state index contributed by atoms with van der Waals surface area (Å²) >= 11 is 0. The highest BCUT2D eigenvalue weighted by Gasteiger charge is 2.53. The standard InChI is InChI=1S/C23H26O6/c1-14-5-9-17(10-6-14)21(24)27-13-19-20(23(4,26)16(3)28-19)29-22(25)18-11-7-15(2)8-12-18/h5-12,16,19-20,26H,13H2,1-4H3/t16?,19?,20-,23+/m1/s1. The third-order valence-electron chi connectivity index (χ3n) is 5.30. The number of benzene rings is 2. The van der Waals surface area contributed by atoms with Gasteiger partial charge in [0.1, 0.15) is 18.3 Å². The molecule has 0 spiro atoms. The molecule has 0 aromatic heterocycles. The molecule has 3 rings (SSSR count). The number of aliphatic hydroxyl groups is 1. The van der Waals surface area contributed by atoms with Crippen LogP contribution in [-0.2, 0) is 14.2 Å². The van der Waals surface area contributed by atoms with Gasteiger partial charge in [-0.05, 0) is 52.0 Å². The summed E-state index contributed by atoms with van der Waals surface area (Å²) in [7, 11) is 0. The van der Waals surface area contributed by atoms with E-state index < -0.39 is 35.9 Å². The lowest BCUT2D eigenvalue weighted by atomic mass is 9.93. The highest BCUT2D eigenvalue weighted by molar-refractivity contribution is 5.90. The smallest absolute Gasteiger partial charge is 0.338 e. The largest absolute Gasteiger partial charge is 0.459 e. The van der Waals surface area contributed by atoms with Crippen molar-refractivity contribution in [3.8, 4) is 0 Å². The lowest BCUT2D eigenvalue weighted by Gasteiger charge is -2.28. The molecule has 0 radical (unpaired) electrons. The van der Waals surface area contributed by atoms with E-state index in [1.165, 1.54) is 0 Å². The molecule has 1 N–H and O–H groups in total. The predicted octanol–water partition coefficient (Wildman–Crippen LogP) is 3.22. The minimum Gasteiger partial charge on any atom is -0.459 e. The van der Waals surface area contributed by atoms with Gasteiger partial charge in [0.2, 0.25) is 0 Å². The molecule has 154 valence electrons. The molecular weight excluding hydrogens is 372 g/mol. The van der Waals surface area contributed by atoms with Crippen molar-refractivity contribution in [3.63, 3.8) is 0 Å². The Morgan fingerprint density at radius 3 is 1.97 bits per heavy atom. The van der Waals surface area contributed by atoms with Gasteiger partial charge in [-0.25, -0.2) is 9.59 Å². The molecule has 1 aliphatic rings. The van der Waals surface area contributed by atoms with Crippen LogP contribution in [0.15, 0.2) is 48.5 Å². The van der Waals surface area contributed by atoms with E-state index in [0.717, 1.165) is 11.1 Å². The van der Waals surface area contributed by atoms with Crippen molar-refractivity contribution >= 4 is 11.9 Å². The first-order chi connectivity index (χ1) is 13.7. The number of carbonyl (C=O) groups excluding carboxylic acids is 2. The monoisotopic (exact) mass is 398 g/mol. The molecule has 0 saturated carbocycles. The second kappa shape index (κ2) is 8.35. The van der Waals surface area contributed by atoms with Gasteiger partial charge in [0, 0.05) is 0 Å². The summed E-state index contributed by atoms with van der Waals surface area (Å²) < 4.78 is 16.7. The Kier molecular flexibility index (Phi) is 6.05. The van der Waals surface area contributed by atoms with Gasteiger partial charge in [-0.2, -0.15) is 0 Å². The van der Waals surface area contributed by atoms with Crippen LogP contribution >= 0.6 is 0 Å². The van der Waals surface area contributed by atoms with E-state index in [1.807, 2.05) is 38.1 Å². The molecule has 0 amide bonds. The van der Waals surface area contributed by atoms with Gasteiger partial charge in [0.15, 0.2) is 6.10 Å². The van der Waals surface area contributed by atoms with E-state index in [1.54, 1.807) is 38.1 Å². The van der Waals surface area contributed by atoms with Crippen LogP contribution in [0.5, 0.6) is 0 Å². The number of hydrogen-bond acceptors (Lipinski definition) is 6. The predicted molar refractivity (Wildman–Crippen MR) is 107 cm³/mol. The summed E-state index contributed by atoms with van der Waals surface area (Å²) in [6.45, 7) is 6.95. The van der Waals surface area contributed by atoms with Crippen LogP contribution in [0.2, 0.25) is 0 Å². The molecule has 6 nitrogen and oxygen atoms in total. The van der Waals surface area contributed by atoms with Crippen LogP contribution in [0.1, 0.15) is 45.7 Å². The van der Waals surface area contributed by atoms with Crippen LogP contribution in [0, 0.1) is 13.8 Å². The molecule has 1 fully saturated rings. The molecule has 6 heteroatoms. The first kappa shape index (κ1) is 21.0. The van der Waals surface area contributed by atoms with Gasteiger partial charge in [0.05, 0.1) is 17.2 Å². The van der Waals surface area contributed by atoms with E-state index >= 15 is 0 Å². The van der Waals surface area contributed by atoms with Crippen molar-refractivity contribution in [3.05, 3.63) is 70.8 Å². The second-order valence-electron chi connectivity index (χ2n) is 7.70.